The number of aromatic nitrogens is 2. The number of rotatable bonds is 2. The van der Waals surface area contributed by atoms with Crippen LogP contribution < -0.4 is 11.2 Å². The highest BCUT2D eigenvalue weighted by atomic mass is 28.2. The number of hydrogen-bond donors (Lipinski definition) is 1. The third-order valence-corrected chi connectivity index (χ3v) is 1.27. The molecule has 0 aliphatic carbocycles. The van der Waals surface area contributed by atoms with Crippen LogP contribution in [-0.4, -0.2) is 20.0 Å². The van der Waals surface area contributed by atoms with Gasteiger partial charge in [-0.3, -0.25) is 4.79 Å². The third-order valence-electron chi connectivity index (χ3n) is 1.14. The highest BCUT2D eigenvalue weighted by molar-refractivity contribution is 5.97. The van der Waals surface area contributed by atoms with Gasteiger partial charge in [0.05, 0.1) is 0 Å². The summed E-state index contributed by atoms with van der Waals surface area (Å²) in [6.07, 6.45) is 1.29. The predicted molar refractivity (Wildman–Crippen MR) is 38.2 cm³/mol. The number of nitrogens with one attached hydrogen (secondary N) is 1. The SMILES string of the molecule is O=c1cc[nH]c(=O)n1CO[Si]. The molecule has 0 saturated heterocycles. The van der Waals surface area contributed by atoms with Crippen LogP contribution in [0.5, 0.6) is 0 Å². The van der Waals surface area contributed by atoms with Crippen LogP contribution in [0.1, 0.15) is 0 Å². The van der Waals surface area contributed by atoms with Gasteiger partial charge >= 0.3 is 5.69 Å². The smallest absolute Gasteiger partial charge is 0.330 e. The molecule has 0 atom stereocenters. The first-order valence-electron chi connectivity index (χ1n) is 2.83. The van der Waals surface area contributed by atoms with E-state index in [-0.39, 0.29) is 6.73 Å². The Morgan fingerprint density at radius 1 is 1.64 bits per heavy atom. The van der Waals surface area contributed by atoms with E-state index < -0.39 is 11.2 Å². The fraction of sp³-hybridized carbons (Fsp3) is 0.200. The van der Waals surface area contributed by atoms with Crippen LogP contribution in [0.4, 0.5) is 0 Å². The first-order valence-corrected chi connectivity index (χ1v) is 3.23. The van der Waals surface area contributed by atoms with Crippen molar-refractivity contribution in [3.05, 3.63) is 33.1 Å². The molecule has 0 amide bonds. The van der Waals surface area contributed by atoms with E-state index in [9.17, 15) is 9.59 Å². The van der Waals surface area contributed by atoms with E-state index in [0.29, 0.717) is 0 Å². The minimum Gasteiger partial charge on any atom is -0.401 e. The Morgan fingerprint density at radius 3 is 2.91 bits per heavy atom. The van der Waals surface area contributed by atoms with E-state index >= 15 is 0 Å². The highest BCUT2D eigenvalue weighted by Crippen LogP contribution is 1.69. The van der Waals surface area contributed by atoms with Gasteiger partial charge in [-0.05, 0) is 0 Å². The topological polar surface area (TPSA) is 64.1 Å². The normalized spacial score (nSPS) is 9.91. The zero-order chi connectivity index (χ0) is 8.27. The molecule has 1 aromatic heterocycles. The van der Waals surface area contributed by atoms with Gasteiger partial charge in [0.2, 0.25) is 10.5 Å². The Hall–Kier alpha value is -1.14. The molecular weight excluding hydrogens is 164 g/mol. The zero-order valence-electron chi connectivity index (χ0n) is 5.53. The van der Waals surface area contributed by atoms with Gasteiger partial charge in [-0.15, -0.1) is 0 Å². The van der Waals surface area contributed by atoms with Crippen molar-refractivity contribution in [1.29, 1.82) is 0 Å². The third kappa shape index (κ3) is 1.66. The summed E-state index contributed by atoms with van der Waals surface area (Å²) in [5.41, 5.74) is -0.886. The Morgan fingerprint density at radius 2 is 2.36 bits per heavy atom. The van der Waals surface area contributed by atoms with Gasteiger partial charge in [0.15, 0.2) is 0 Å². The second-order valence-corrected chi connectivity index (χ2v) is 2.11. The average Bonchev–Trinajstić information content (AvgIpc) is 1.97. The van der Waals surface area contributed by atoms with E-state index in [0.717, 1.165) is 4.57 Å². The molecule has 0 bridgehead atoms. The van der Waals surface area contributed by atoms with Crippen LogP contribution in [-0.2, 0) is 11.2 Å². The lowest BCUT2D eigenvalue weighted by atomic mass is 10.6. The Labute approximate surface area is 65.2 Å². The molecule has 0 aliphatic rings. The van der Waals surface area contributed by atoms with E-state index in [2.05, 4.69) is 19.9 Å². The lowest BCUT2D eigenvalue weighted by molar-refractivity contribution is 0.248. The molecule has 1 aromatic rings. The standard InChI is InChI=1S/C5H5N2O3Si/c8-4-1-2-6-5(9)7(4)3-10-11/h1-2H,3H2,(H,6,9). The van der Waals surface area contributed by atoms with Crippen LogP contribution in [0.2, 0.25) is 0 Å². The molecule has 3 radical (unpaired) electrons. The second kappa shape index (κ2) is 3.31. The summed E-state index contributed by atoms with van der Waals surface area (Å²) in [6.45, 7) is -0.105. The van der Waals surface area contributed by atoms with Crippen molar-refractivity contribution in [3.8, 4) is 0 Å². The van der Waals surface area contributed by atoms with Crippen LogP contribution in [0, 0.1) is 0 Å². The molecule has 1 rings (SSSR count). The van der Waals surface area contributed by atoms with Crippen molar-refractivity contribution in [2.45, 2.75) is 6.73 Å². The van der Waals surface area contributed by atoms with Gasteiger partial charge < -0.3 is 9.41 Å². The molecule has 1 N–H and O–H groups in total. The van der Waals surface area contributed by atoms with Gasteiger partial charge in [-0.25, -0.2) is 9.36 Å². The minimum atomic E-state index is -0.490. The summed E-state index contributed by atoms with van der Waals surface area (Å²) in [4.78, 5) is 24.0. The fourth-order valence-corrected chi connectivity index (χ4v) is 0.768. The van der Waals surface area contributed by atoms with Crippen molar-refractivity contribution in [2.75, 3.05) is 0 Å². The minimum absolute atomic E-state index is 0.105. The van der Waals surface area contributed by atoms with E-state index in [1.54, 1.807) is 0 Å². The molecule has 57 valence electrons. The number of hydrogen-bond acceptors (Lipinski definition) is 3. The van der Waals surface area contributed by atoms with Gasteiger partial charge in [0, 0.05) is 12.3 Å². The molecular formula is C5H5N2O3Si. The van der Waals surface area contributed by atoms with Crippen molar-refractivity contribution in [2.24, 2.45) is 0 Å². The largest absolute Gasteiger partial charge is 0.401 e. The van der Waals surface area contributed by atoms with Crippen molar-refractivity contribution in [3.63, 3.8) is 0 Å². The molecule has 0 spiro atoms. The van der Waals surface area contributed by atoms with E-state index in [1.165, 1.54) is 12.3 Å². The molecule has 6 heteroatoms. The molecule has 0 fully saturated rings. The molecule has 0 aromatic carbocycles. The molecule has 0 saturated carbocycles. The number of H-pyrrole nitrogens is 1. The first-order chi connectivity index (χ1) is 5.25. The van der Waals surface area contributed by atoms with Gasteiger partial charge in [-0.2, -0.15) is 0 Å². The summed E-state index contributed by atoms with van der Waals surface area (Å²) in [7, 11) is 2.69. The van der Waals surface area contributed by atoms with E-state index in [1.807, 2.05) is 0 Å². The fourth-order valence-electron chi connectivity index (χ4n) is 0.639. The average molecular weight is 169 g/mol. The van der Waals surface area contributed by atoms with Crippen LogP contribution in [0.3, 0.4) is 0 Å². The monoisotopic (exact) mass is 169 g/mol. The lowest BCUT2D eigenvalue weighted by Crippen LogP contribution is -2.34. The highest BCUT2D eigenvalue weighted by Gasteiger charge is 1.96. The van der Waals surface area contributed by atoms with Gasteiger partial charge in [0.25, 0.3) is 5.56 Å². The van der Waals surface area contributed by atoms with Crippen LogP contribution >= 0.6 is 0 Å². The second-order valence-electron chi connectivity index (χ2n) is 1.82. The van der Waals surface area contributed by atoms with Gasteiger partial charge in [-0.1, -0.05) is 0 Å². The summed E-state index contributed by atoms with van der Waals surface area (Å²) in [5, 5.41) is 0. The summed E-state index contributed by atoms with van der Waals surface area (Å²) in [5.74, 6) is 0. The number of nitrogens with zero attached hydrogens (tertiary/aromatic N) is 1. The molecule has 0 aliphatic heterocycles. The Balaban J connectivity index is 3.22. The van der Waals surface area contributed by atoms with E-state index in [4.69, 9.17) is 0 Å². The maximum Gasteiger partial charge on any atom is 0.330 e. The van der Waals surface area contributed by atoms with Crippen LogP contribution in [0.15, 0.2) is 21.9 Å². The maximum atomic E-state index is 10.9. The molecule has 0 unspecified atom stereocenters. The molecule has 5 nitrogen and oxygen atoms in total. The first kappa shape index (κ1) is 7.96. The quantitative estimate of drug-likeness (QED) is 0.553. The molecule has 11 heavy (non-hydrogen) atoms. The summed E-state index contributed by atoms with van der Waals surface area (Å²) < 4.78 is 5.35. The van der Waals surface area contributed by atoms with Crippen LogP contribution in [0.25, 0.3) is 0 Å². The summed E-state index contributed by atoms with van der Waals surface area (Å²) in [6, 6.07) is 1.24. The summed E-state index contributed by atoms with van der Waals surface area (Å²) >= 11 is 0. The lowest BCUT2D eigenvalue weighted by Gasteiger charge is -1.99. The number of aromatic amines is 1. The molecule has 1 heterocycles. The van der Waals surface area contributed by atoms with Crippen molar-refractivity contribution < 1.29 is 4.43 Å². The Kier molecular flexibility index (Phi) is 2.39. The van der Waals surface area contributed by atoms with Crippen molar-refractivity contribution in [1.82, 2.24) is 9.55 Å². The Bertz CT molecular complexity index is 314. The van der Waals surface area contributed by atoms with Gasteiger partial charge in [0.1, 0.15) is 6.73 Å². The van der Waals surface area contributed by atoms with Crippen molar-refractivity contribution >= 4 is 10.5 Å². The zero-order valence-corrected chi connectivity index (χ0v) is 6.53. The predicted octanol–water partition coefficient (Wildman–Crippen LogP) is -1.41. The maximum absolute atomic E-state index is 10.9.